The zero-order chi connectivity index (χ0) is 15.2. The van der Waals surface area contributed by atoms with Crippen molar-refractivity contribution >= 4 is 16.6 Å². The van der Waals surface area contributed by atoms with E-state index in [1.165, 1.54) is 18.2 Å². The van der Waals surface area contributed by atoms with Crippen LogP contribution in [-0.2, 0) is 10.8 Å². The molecular formula is C16H15FO3S. The van der Waals surface area contributed by atoms with Crippen molar-refractivity contribution < 1.29 is 18.1 Å². The first-order valence-electron chi connectivity index (χ1n) is 6.51. The highest BCUT2D eigenvalue weighted by Gasteiger charge is 2.18. The summed E-state index contributed by atoms with van der Waals surface area (Å²) in [6, 6.07) is 12.5. The predicted octanol–water partition coefficient (Wildman–Crippen LogP) is 3.21. The zero-order valence-corrected chi connectivity index (χ0v) is 12.4. The lowest BCUT2D eigenvalue weighted by atomic mass is 10.1. The van der Waals surface area contributed by atoms with Crippen molar-refractivity contribution in [3.8, 4) is 5.75 Å². The molecule has 0 heterocycles. The zero-order valence-electron chi connectivity index (χ0n) is 11.5. The van der Waals surface area contributed by atoms with E-state index in [4.69, 9.17) is 4.74 Å². The van der Waals surface area contributed by atoms with Crippen molar-refractivity contribution in [2.24, 2.45) is 0 Å². The third-order valence-corrected chi connectivity index (χ3v) is 4.18. The summed E-state index contributed by atoms with van der Waals surface area (Å²) in [5.74, 6) is -0.719. The smallest absolute Gasteiger partial charge is 0.179 e. The number of carbonyl (C=O) groups excluding carboxylic acids is 1. The third-order valence-electron chi connectivity index (χ3n) is 2.83. The maximum Gasteiger partial charge on any atom is 0.179 e. The van der Waals surface area contributed by atoms with Gasteiger partial charge in [-0.1, -0.05) is 24.3 Å². The Hall–Kier alpha value is -2.01. The van der Waals surface area contributed by atoms with Gasteiger partial charge in [0.1, 0.15) is 11.6 Å². The van der Waals surface area contributed by atoms with Crippen molar-refractivity contribution in [3.05, 3.63) is 59.9 Å². The lowest BCUT2D eigenvalue weighted by Gasteiger charge is -2.09. The largest absolute Gasteiger partial charge is 0.493 e. The van der Waals surface area contributed by atoms with Crippen LogP contribution in [0.5, 0.6) is 5.75 Å². The van der Waals surface area contributed by atoms with Gasteiger partial charge in [-0.05, 0) is 31.2 Å². The molecule has 0 radical (unpaired) electrons. The van der Waals surface area contributed by atoms with Gasteiger partial charge in [0.25, 0.3) is 0 Å². The number of ketones is 1. The lowest BCUT2D eigenvalue weighted by Crippen LogP contribution is -2.13. The Morgan fingerprint density at radius 3 is 2.52 bits per heavy atom. The van der Waals surface area contributed by atoms with E-state index in [0.717, 1.165) is 0 Å². The van der Waals surface area contributed by atoms with E-state index >= 15 is 0 Å². The molecule has 0 spiro atoms. The van der Waals surface area contributed by atoms with E-state index in [9.17, 15) is 13.4 Å². The maximum absolute atomic E-state index is 13.6. The number of Topliss-reactive ketones (excluding diaryl/α,β-unsaturated/α-hetero) is 1. The summed E-state index contributed by atoms with van der Waals surface area (Å²) in [4.78, 5) is 12.3. The normalized spacial score (nSPS) is 11.9. The second-order valence-electron chi connectivity index (χ2n) is 4.27. The highest BCUT2D eigenvalue weighted by molar-refractivity contribution is 7.85. The maximum atomic E-state index is 13.6. The molecule has 0 saturated carbocycles. The predicted molar refractivity (Wildman–Crippen MR) is 79.6 cm³/mol. The van der Waals surface area contributed by atoms with Crippen molar-refractivity contribution in [1.82, 2.24) is 0 Å². The van der Waals surface area contributed by atoms with Gasteiger partial charge >= 0.3 is 0 Å². The average molecular weight is 306 g/mol. The second-order valence-corrected chi connectivity index (χ2v) is 5.69. The summed E-state index contributed by atoms with van der Waals surface area (Å²) in [5.41, 5.74) is 0.365. The highest BCUT2D eigenvalue weighted by Crippen LogP contribution is 2.20. The molecule has 5 heteroatoms. The van der Waals surface area contributed by atoms with Crippen molar-refractivity contribution in [2.45, 2.75) is 11.8 Å². The van der Waals surface area contributed by atoms with Gasteiger partial charge in [0.15, 0.2) is 5.78 Å². The van der Waals surface area contributed by atoms with Crippen LogP contribution in [-0.4, -0.2) is 22.4 Å². The SMILES string of the molecule is CCOc1ccccc1C(=O)CS(=O)c1ccccc1F. The molecule has 0 N–H and O–H groups in total. The molecule has 2 rings (SSSR count). The number of halogens is 1. The molecule has 0 aliphatic rings. The number of ether oxygens (including phenoxy) is 1. The molecule has 0 bridgehead atoms. The number of carbonyl (C=O) groups is 1. The van der Waals surface area contributed by atoms with Gasteiger partial charge in [-0.25, -0.2) is 4.39 Å². The van der Waals surface area contributed by atoms with E-state index < -0.39 is 16.6 Å². The van der Waals surface area contributed by atoms with E-state index in [0.29, 0.717) is 17.9 Å². The molecule has 0 aliphatic heterocycles. The number of rotatable bonds is 6. The monoisotopic (exact) mass is 306 g/mol. The highest BCUT2D eigenvalue weighted by atomic mass is 32.2. The first-order valence-corrected chi connectivity index (χ1v) is 7.83. The first-order chi connectivity index (χ1) is 10.1. The van der Waals surface area contributed by atoms with Crippen molar-refractivity contribution in [3.63, 3.8) is 0 Å². The topological polar surface area (TPSA) is 43.4 Å². The average Bonchev–Trinajstić information content (AvgIpc) is 2.48. The number of benzene rings is 2. The summed E-state index contributed by atoms with van der Waals surface area (Å²) < 4.78 is 31.1. The van der Waals surface area contributed by atoms with Gasteiger partial charge in [0.05, 0.1) is 33.6 Å². The number of hydrogen-bond acceptors (Lipinski definition) is 3. The minimum absolute atomic E-state index is 0.0414. The van der Waals surface area contributed by atoms with Crippen molar-refractivity contribution in [1.29, 1.82) is 0 Å². The quantitative estimate of drug-likeness (QED) is 0.770. The minimum atomic E-state index is -1.72. The standard InChI is InChI=1S/C16H15FO3S/c1-2-20-15-9-5-3-7-12(15)14(18)11-21(19)16-10-6-4-8-13(16)17/h3-10H,2,11H2,1H3. The van der Waals surface area contributed by atoms with Crippen LogP contribution in [0.2, 0.25) is 0 Å². The van der Waals surface area contributed by atoms with E-state index in [2.05, 4.69) is 0 Å². The van der Waals surface area contributed by atoms with Crippen LogP contribution in [0.15, 0.2) is 53.4 Å². The minimum Gasteiger partial charge on any atom is -0.493 e. The summed E-state index contributed by atoms with van der Waals surface area (Å²) in [6.07, 6.45) is 0. The molecule has 0 fully saturated rings. The molecule has 1 atom stereocenters. The molecule has 1 unspecified atom stereocenters. The van der Waals surface area contributed by atoms with Gasteiger partial charge < -0.3 is 4.74 Å². The van der Waals surface area contributed by atoms with Crippen LogP contribution in [0.1, 0.15) is 17.3 Å². The summed E-state index contributed by atoms with van der Waals surface area (Å²) in [6.45, 7) is 2.25. The second kappa shape index (κ2) is 7.13. The molecule has 2 aromatic rings. The molecule has 0 amide bonds. The molecule has 0 aromatic heterocycles. The Kier molecular flexibility index (Phi) is 5.22. The fourth-order valence-corrected chi connectivity index (χ4v) is 2.95. The van der Waals surface area contributed by atoms with Crippen LogP contribution in [0.4, 0.5) is 4.39 Å². The fourth-order valence-electron chi connectivity index (χ4n) is 1.88. The number of para-hydroxylation sites is 1. The van der Waals surface area contributed by atoms with Crippen LogP contribution in [0.25, 0.3) is 0 Å². The molecule has 110 valence electrons. The Morgan fingerprint density at radius 2 is 1.81 bits per heavy atom. The molecule has 0 aliphatic carbocycles. The Balaban J connectivity index is 2.19. The summed E-state index contributed by atoms with van der Waals surface area (Å²) >= 11 is 0. The lowest BCUT2D eigenvalue weighted by molar-refractivity contribution is 0.101. The molecule has 21 heavy (non-hydrogen) atoms. The van der Waals surface area contributed by atoms with Gasteiger partial charge in [-0.3, -0.25) is 9.00 Å². The summed E-state index contributed by atoms with van der Waals surface area (Å²) in [7, 11) is -1.72. The molecule has 0 saturated heterocycles. The number of hydrogen-bond donors (Lipinski definition) is 0. The molecule has 2 aromatic carbocycles. The Morgan fingerprint density at radius 1 is 1.14 bits per heavy atom. The first kappa shape index (κ1) is 15.4. The van der Waals surface area contributed by atoms with Gasteiger partial charge in [-0.2, -0.15) is 0 Å². The van der Waals surface area contributed by atoms with Crippen LogP contribution < -0.4 is 4.74 Å². The van der Waals surface area contributed by atoms with Gasteiger partial charge in [0.2, 0.25) is 0 Å². The Labute approximate surface area is 125 Å². The fraction of sp³-hybridized carbons (Fsp3) is 0.188. The van der Waals surface area contributed by atoms with Gasteiger partial charge in [0, 0.05) is 0 Å². The Bertz CT molecular complexity index is 670. The van der Waals surface area contributed by atoms with Crippen LogP contribution in [0, 0.1) is 5.82 Å². The van der Waals surface area contributed by atoms with E-state index in [-0.39, 0.29) is 16.4 Å². The molecule has 3 nitrogen and oxygen atoms in total. The third kappa shape index (κ3) is 3.76. The van der Waals surface area contributed by atoms with E-state index in [1.807, 2.05) is 6.92 Å². The van der Waals surface area contributed by atoms with Crippen molar-refractivity contribution in [2.75, 3.05) is 12.4 Å². The van der Waals surface area contributed by atoms with Gasteiger partial charge in [-0.15, -0.1) is 0 Å². The summed E-state index contributed by atoms with van der Waals surface area (Å²) in [5, 5.41) is 0. The van der Waals surface area contributed by atoms with E-state index in [1.54, 1.807) is 30.3 Å². The molecular weight excluding hydrogens is 291 g/mol. The van der Waals surface area contributed by atoms with Crippen LogP contribution >= 0.6 is 0 Å². The van der Waals surface area contributed by atoms with Crippen LogP contribution in [0.3, 0.4) is 0 Å².